The molecule has 0 saturated heterocycles. The van der Waals surface area contributed by atoms with E-state index in [1.165, 1.54) is 0 Å². The minimum Gasteiger partial charge on any atom is -0.390 e. The molecular formula is C8H17O2. The number of unbranched alkanes of at least 4 members (excludes halogenated alkanes) is 1. The molecule has 0 fully saturated rings. The van der Waals surface area contributed by atoms with Gasteiger partial charge >= 0.3 is 0 Å². The molecule has 0 aromatic carbocycles. The highest BCUT2D eigenvalue weighted by Gasteiger charge is 2.12. The van der Waals surface area contributed by atoms with Gasteiger partial charge in [0.2, 0.25) is 0 Å². The summed E-state index contributed by atoms with van der Waals surface area (Å²) in [5.41, 5.74) is 0. The second kappa shape index (κ2) is 5.69. The Labute approximate surface area is 62.9 Å². The molecule has 2 atom stereocenters. The summed E-state index contributed by atoms with van der Waals surface area (Å²) in [7, 11) is 0. The van der Waals surface area contributed by atoms with Gasteiger partial charge in [0.15, 0.2) is 0 Å². The van der Waals surface area contributed by atoms with Gasteiger partial charge in [-0.3, -0.25) is 0 Å². The Morgan fingerprint density at radius 1 is 1.30 bits per heavy atom. The fourth-order valence-corrected chi connectivity index (χ4v) is 0.818. The largest absolute Gasteiger partial charge is 0.390 e. The molecule has 10 heavy (non-hydrogen) atoms. The standard InChI is InChI=1S/C8H17O2/c1-3-5-6-8(10)7(9)4-2/h7-10H,1,3-6H2,2H3. The zero-order valence-corrected chi connectivity index (χ0v) is 6.58. The second-order valence-corrected chi connectivity index (χ2v) is 2.54. The molecular weight excluding hydrogens is 128 g/mol. The maximum absolute atomic E-state index is 9.17. The van der Waals surface area contributed by atoms with Crippen LogP contribution in [0.25, 0.3) is 0 Å². The molecule has 61 valence electrons. The van der Waals surface area contributed by atoms with Crippen molar-refractivity contribution in [3.8, 4) is 0 Å². The molecule has 0 aliphatic carbocycles. The fraction of sp³-hybridized carbons (Fsp3) is 0.875. The molecule has 2 unspecified atom stereocenters. The highest BCUT2D eigenvalue weighted by atomic mass is 16.3. The van der Waals surface area contributed by atoms with Crippen molar-refractivity contribution in [1.29, 1.82) is 0 Å². The monoisotopic (exact) mass is 145 g/mol. The molecule has 0 bridgehead atoms. The van der Waals surface area contributed by atoms with Crippen LogP contribution in [-0.2, 0) is 0 Å². The zero-order chi connectivity index (χ0) is 7.98. The lowest BCUT2D eigenvalue weighted by Crippen LogP contribution is -2.24. The van der Waals surface area contributed by atoms with Gasteiger partial charge in [0, 0.05) is 0 Å². The van der Waals surface area contributed by atoms with E-state index < -0.39 is 12.2 Å². The van der Waals surface area contributed by atoms with Gasteiger partial charge in [0.25, 0.3) is 0 Å². The molecule has 0 aromatic rings. The Kier molecular flexibility index (Phi) is 5.64. The lowest BCUT2D eigenvalue weighted by molar-refractivity contribution is 0.0119. The Morgan fingerprint density at radius 3 is 2.30 bits per heavy atom. The van der Waals surface area contributed by atoms with Crippen molar-refractivity contribution in [2.24, 2.45) is 0 Å². The van der Waals surface area contributed by atoms with E-state index in [0.29, 0.717) is 12.8 Å². The number of aliphatic hydroxyl groups is 2. The lowest BCUT2D eigenvalue weighted by atomic mass is 10.1. The molecule has 0 rings (SSSR count). The quantitative estimate of drug-likeness (QED) is 0.608. The number of aliphatic hydroxyl groups excluding tert-OH is 2. The van der Waals surface area contributed by atoms with Crippen LogP contribution >= 0.6 is 0 Å². The summed E-state index contributed by atoms with van der Waals surface area (Å²) in [6.07, 6.45) is 1.90. The molecule has 0 aliphatic heterocycles. The Hall–Kier alpha value is -0.0800. The normalized spacial score (nSPS) is 16.8. The van der Waals surface area contributed by atoms with Crippen LogP contribution in [0.15, 0.2) is 0 Å². The van der Waals surface area contributed by atoms with Crippen LogP contribution in [0.4, 0.5) is 0 Å². The molecule has 1 radical (unpaired) electrons. The predicted molar refractivity (Wildman–Crippen MR) is 41.5 cm³/mol. The summed E-state index contributed by atoms with van der Waals surface area (Å²) < 4.78 is 0. The Balaban J connectivity index is 3.31. The van der Waals surface area contributed by atoms with Crippen LogP contribution in [0.2, 0.25) is 0 Å². The van der Waals surface area contributed by atoms with Gasteiger partial charge in [-0.15, -0.1) is 0 Å². The van der Waals surface area contributed by atoms with Gasteiger partial charge in [-0.25, -0.2) is 0 Å². The van der Waals surface area contributed by atoms with E-state index in [-0.39, 0.29) is 0 Å². The third-order valence-corrected chi connectivity index (χ3v) is 1.61. The smallest absolute Gasteiger partial charge is 0.0799 e. The third-order valence-electron chi connectivity index (χ3n) is 1.61. The van der Waals surface area contributed by atoms with Crippen molar-refractivity contribution in [3.63, 3.8) is 0 Å². The minimum absolute atomic E-state index is 0.549. The van der Waals surface area contributed by atoms with Gasteiger partial charge in [0.05, 0.1) is 12.2 Å². The van der Waals surface area contributed by atoms with Gasteiger partial charge in [-0.1, -0.05) is 26.7 Å². The highest BCUT2D eigenvalue weighted by molar-refractivity contribution is 4.65. The van der Waals surface area contributed by atoms with Crippen LogP contribution in [-0.4, -0.2) is 22.4 Å². The summed E-state index contributed by atoms with van der Waals surface area (Å²) in [4.78, 5) is 0. The fourth-order valence-electron chi connectivity index (χ4n) is 0.818. The topological polar surface area (TPSA) is 40.5 Å². The average Bonchev–Trinajstić information content (AvgIpc) is 1.98. The summed E-state index contributed by atoms with van der Waals surface area (Å²) >= 11 is 0. The van der Waals surface area contributed by atoms with Crippen molar-refractivity contribution in [1.82, 2.24) is 0 Å². The highest BCUT2D eigenvalue weighted by Crippen LogP contribution is 2.06. The zero-order valence-electron chi connectivity index (χ0n) is 6.58. The second-order valence-electron chi connectivity index (χ2n) is 2.54. The molecule has 2 nitrogen and oxygen atoms in total. The van der Waals surface area contributed by atoms with Crippen LogP contribution in [0.1, 0.15) is 32.6 Å². The van der Waals surface area contributed by atoms with Gasteiger partial charge in [-0.2, -0.15) is 0 Å². The molecule has 0 aliphatic rings. The Bertz CT molecular complexity index is 73.7. The van der Waals surface area contributed by atoms with Crippen LogP contribution < -0.4 is 0 Å². The summed E-state index contributed by atoms with van der Waals surface area (Å²) in [5, 5.41) is 18.3. The third kappa shape index (κ3) is 3.85. The predicted octanol–water partition coefficient (Wildman–Crippen LogP) is 1.12. The summed E-state index contributed by atoms with van der Waals surface area (Å²) in [6.45, 7) is 5.51. The molecule has 2 N–H and O–H groups in total. The average molecular weight is 145 g/mol. The van der Waals surface area contributed by atoms with Gasteiger partial charge < -0.3 is 10.2 Å². The van der Waals surface area contributed by atoms with E-state index in [1.54, 1.807) is 0 Å². The minimum atomic E-state index is -0.549. The first-order chi connectivity index (χ1) is 4.72. The molecule has 0 heterocycles. The van der Waals surface area contributed by atoms with E-state index in [1.807, 2.05) is 6.92 Å². The SMILES string of the molecule is [CH2]CCCC(O)C(O)CC. The number of rotatable bonds is 5. The van der Waals surface area contributed by atoms with E-state index >= 15 is 0 Å². The van der Waals surface area contributed by atoms with E-state index in [9.17, 15) is 5.11 Å². The number of hydrogen-bond acceptors (Lipinski definition) is 2. The van der Waals surface area contributed by atoms with Crippen molar-refractivity contribution in [3.05, 3.63) is 6.92 Å². The van der Waals surface area contributed by atoms with Crippen LogP contribution in [0, 0.1) is 6.92 Å². The first-order valence-corrected chi connectivity index (χ1v) is 3.87. The van der Waals surface area contributed by atoms with Crippen molar-refractivity contribution in [2.75, 3.05) is 0 Å². The maximum atomic E-state index is 9.17. The first kappa shape index (κ1) is 9.92. The van der Waals surface area contributed by atoms with E-state index in [2.05, 4.69) is 6.92 Å². The first-order valence-electron chi connectivity index (χ1n) is 3.87. The van der Waals surface area contributed by atoms with Gasteiger partial charge in [0.1, 0.15) is 0 Å². The molecule has 2 heteroatoms. The van der Waals surface area contributed by atoms with Crippen molar-refractivity contribution in [2.45, 2.75) is 44.8 Å². The maximum Gasteiger partial charge on any atom is 0.0799 e. The number of hydrogen-bond donors (Lipinski definition) is 2. The van der Waals surface area contributed by atoms with Crippen molar-refractivity contribution >= 4 is 0 Å². The Morgan fingerprint density at radius 2 is 1.90 bits per heavy atom. The van der Waals surface area contributed by atoms with E-state index in [0.717, 1.165) is 12.8 Å². The molecule has 0 aromatic heterocycles. The summed E-state index contributed by atoms with van der Waals surface area (Å²) in [6, 6.07) is 0. The van der Waals surface area contributed by atoms with Gasteiger partial charge in [-0.05, 0) is 12.8 Å². The summed E-state index contributed by atoms with van der Waals surface area (Å²) in [5.74, 6) is 0. The van der Waals surface area contributed by atoms with Crippen LogP contribution in [0.3, 0.4) is 0 Å². The molecule has 0 amide bonds. The van der Waals surface area contributed by atoms with E-state index in [4.69, 9.17) is 5.11 Å². The molecule has 0 spiro atoms. The van der Waals surface area contributed by atoms with Crippen molar-refractivity contribution < 1.29 is 10.2 Å². The molecule has 0 saturated carbocycles. The van der Waals surface area contributed by atoms with Crippen LogP contribution in [0.5, 0.6) is 0 Å². The lowest BCUT2D eigenvalue weighted by Gasteiger charge is -2.14.